The lowest BCUT2D eigenvalue weighted by Gasteiger charge is -2.04. The molecular formula is C20H16N4O3S2. The maximum absolute atomic E-state index is 12.4. The first-order valence-electron chi connectivity index (χ1n) is 8.72. The van der Waals surface area contributed by atoms with Crippen molar-refractivity contribution in [2.75, 3.05) is 18.1 Å². The third-order valence-electron chi connectivity index (χ3n) is 3.99. The van der Waals surface area contributed by atoms with Gasteiger partial charge in [0.2, 0.25) is 4.96 Å². The van der Waals surface area contributed by atoms with Crippen molar-refractivity contribution in [3.8, 4) is 5.75 Å². The van der Waals surface area contributed by atoms with Crippen molar-refractivity contribution in [3.05, 3.63) is 76.1 Å². The van der Waals surface area contributed by atoms with E-state index in [9.17, 15) is 9.59 Å². The Kier molecular flexibility index (Phi) is 5.59. The molecule has 146 valence electrons. The number of rotatable bonds is 6. The van der Waals surface area contributed by atoms with Gasteiger partial charge >= 0.3 is 0 Å². The van der Waals surface area contributed by atoms with Gasteiger partial charge in [0.25, 0.3) is 5.56 Å². The number of hydrogen-bond donors (Lipinski definition) is 1. The molecular weight excluding hydrogens is 408 g/mol. The molecule has 2 N–H and O–H groups in total. The van der Waals surface area contributed by atoms with Gasteiger partial charge in [0.15, 0.2) is 10.1 Å². The zero-order valence-corrected chi connectivity index (χ0v) is 16.8. The minimum Gasteiger partial charge on any atom is -0.493 e. The van der Waals surface area contributed by atoms with Crippen molar-refractivity contribution in [2.24, 2.45) is 0 Å². The van der Waals surface area contributed by atoms with E-state index in [-0.39, 0.29) is 17.2 Å². The van der Waals surface area contributed by atoms with Crippen molar-refractivity contribution >= 4 is 45.7 Å². The lowest BCUT2D eigenvalue weighted by atomic mass is 10.1. The van der Waals surface area contributed by atoms with Crippen molar-refractivity contribution in [1.82, 2.24) is 14.6 Å². The number of anilines is 1. The molecule has 0 spiro atoms. The molecule has 0 saturated carbocycles. The summed E-state index contributed by atoms with van der Waals surface area (Å²) in [6, 6.07) is 9.59. The summed E-state index contributed by atoms with van der Waals surface area (Å²) in [5.74, 6) is 1.63. The molecule has 4 rings (SSSR count). The largest absolute Gasteiger partial charge is 0.493 e. The molecule has 9 heteroatoms. The molecule has 1 aliphatic carbocycles. The third kappa shape index (κ3) is 4.47. The fraction of sp³-hybridized carbons (Fsp3) is 0.100. The first kappa shape index (κ1) is 19.2. The van der Waals surface area contributed by atoms with Gasteiger partial charge in [-0.05, 0) is 35.9 Å². The fourth-order valence-corrected chi connectivity index (χ4v) is 4.42. The smallest absolute Gasteiger partial charge is 0.283 e. The Hall–Kier alpha value is -3.17. The minimum absolute atomic E-state index is 0.0992. The van der Waals surface area contributed by atoms with Crippen LogP contribution in [-0.4, -0.2) is 32.7 Å². The van der Waals surface area contributed by atoms with E-state index >= 15 is 0 Å². The zero-order chi connectivity index (χ0) is 20.2. The van der Waals surface area contributed by atoms with E-state index in [0.29, 0.717) is 22.9 Å². The summed E-state index contributed by atoms with van der Waals surface area (Å²) in [5, 5.41) is 4.46. The van der Waals surface area contributed by atoms with Crippen LogP contribution in [-0.2, 0) is 4.79 Å². The molecule has 2 aromatic heterocycles. The summed E-state index contributed by atoms with van der Waals surface area (Å²) in [4.78, 5) is 28.2. The van der Waals surface area contributed by atoms with Gasteiger partial charge in [-0.2, -0.15) is 9.50 Å². The Bertz CT molecular complexity index is 1190. The van der Waals surface area contributed by atoms with Crippen molar-refractivity contribution in [1.29, 1.82) is 0 Å². The van der Waals surface area contributed by atoms with E-state index in [1.54, 1.807) is 18.2 Å². The number of ether oxygens (including phenoxy) is 1. The van der Waals surface area contributed by atoms with E-state index in [0.717, 1.165) is 10.1 Å². The van der Waals surface area contributed by atoms with E-state index in [1.807, 2.05) is 30.3 Å². The number of nitrogen functional groups attached to an aromatic ring is 1. The number of thioether (sulfide) groups is 1. The molecule has 0 atom stereocenters. The summed E-state index contributed by atoms with van der Waals surface area (Å²) in [6.07, 6.45) is 7.73. The molecule has 7 nitrogen and oxygen atoms in total. The first-order valence-corrected chi connectivity index (χ1v) is 10.5. The summed E-state index contributed by atoms with van der Waals surface area (Å²) >= 11 is 2.81. The topological polar surface area (TPSA) is 99.6 Å². The average Bonchev–Trinajstić information content (AvgIpc) is 3.13. The molecule has 1 aromatic carbocycles. The van der Waals surface area contributed by atoms with Gasteiger partial charge in [-0.25, -0.2) is 0 Å². The molecule has 0 amide bonds. The van der Waals surface area contributed by atoms with Gasteiger partial charge < -0.3 is 10.5 Å². The number of nitrogens with two attached hydrogens (primary N) is 1. The molecule has 1 aliphatic rings. The number of allylic oxidation sites excluding steroid dienone is 5. The van der Waals surface area contributed by atoms with Crippen LogP contribution in [0.1, 0.15) is 5.56 Å². The highest BCUT2D eigenvalue weighted by Gasteiger charge is 2.14. The predicted octanol–water partition coefficient (Wildman–Crippen LogP) is 2.98. The van der Waals surface area contributed by atoms with Gasteiger partial charge in [-0.1, -0.05) is 53.4 Å². The minimum atomic E-state index is -0.429. The van der Waals surface area contributed by atoms with Crippen LogP contribution in [0, 0.1) is 0 Å². The van der Waals surface area contributed by atoms with Crippen molar-refractivity contribution in [3.63, 3.8) is 0 Å². The number of aromatic nitrogens is 3. The quantitative estimate of drug-likeness (QED) is 0.480. The Morgan fingerprint density at radius 3 is 2.66 bits per heavy atom. The molecule has 0 fully saturated rings. The van der Waals surface area contributed by atoms with Gasteiger partial charge in [0, 0.05) is 5.75 Å². The molecule has 0 aliphatic heterocycles. The number of nitrogens with zero attached hydrogens (tertiary/aromatic N) is 3. The second-order valence-electron chi connectivity index (χ2n) is 6.00. The van der Waals surface area contributed by atoms with Crippen LogP contribution in [0.15, 0.2) is 69.3 Å². The number of para-hydroxylation sites is 1. The van der Waals surface area contributed by atoms with Gasteiger partial charge in [-0.3, -0.25) is 9.59 Å². The van der Waals surface area contributed by atoms with E-state index in [1.165, 1.54) is 39.8 Å². The number of carbonyl (C=O) groups excluding carboxylic acids is 1. The van der Waals surface area contributed by atoms with E-state index < -0.39 is 5.56 Å². The second kappa shape index (κ2) is 8.46. The highest BCUT2D eigenvalue weighted by molar-refractivity contribution is 8.01. The average molecular weight is 425 g/mol. The monoisotopic (exact) mass is 424 g/mol. The summed E-state index contributed by atoms with van der Waals surface area (Å²) in [5.41, 5.74) is 6.69. The second-order valence-corrected chi connectivity index (χ2v) is 8.30. The van der Waals surface area contributed by atoms with Crippen LogP contribution in [0.3, 0.4) is 0 Å². The number of benzene rings is 1. The van der Waals surface area contributed by atoms with Gasteiger partial charge in [0.05, 0.1) is 12.2 Å². The molecule has 0 bridgehead atoms. The van der Waals surface area contributed by atoms with Crippen molar-refractivity contribution in [2.45, 2.75) is 4.34 Å². The summed E-state index contributed by atoms with van der Waals surface area (Å²) in [6.45, 7) is 0.528. The molecule has 2 heterocycles. The number of carbonyl (C=O) groups is 1. The lowest BCUT2D eigenvalue weighted by molar-refractivity contribution is -0.110. The Balaban J connectivity index is 1.50. The zero-order valence-electron chi connectivity index (χ0n) is 15.1. The normalized spacial score (nSPS) is 13.2. The van der Waals surface area contributed by atoms with Crippen LogP contribution in [0.25, 0.3) is 11.0 Å². The van der Waals surface area contributed by atoms with Crippen molar-refractivity contribution < 1.29 is 9.53 Å². The summed E-state index contributed by atoms with van der Waals surface area (Å²) < 4.78 is 7.89. The molecule has 3 aromatic rings. The predicted molar refractivity (Wildman–Crippen MR) is 115 cm³/mol. The highest BCUT2D eigenvalue weighted by Crippen LogP contribution is 2.26. The molecule has 0 unspecified atom stereocenters. The van der Waals surface area contributed by atoms with Crippen LogP contribution < -0.4 is 16.0 Å². The third-order valence-corrected chi connectivity index (χ3v) is 5.99. The fourth-order valence-electron chi connectivity index (χ4n) is 2.59. The molecule has 0 radical (unpaired) electrons. The number of ketones is 1. The van der Waals surface area contributed by atoms with Crippen LogP contribution in [0.5, 0.6) is 5.75 Å². The van der Waals surface area contributed by atoms with Gasteiger partial charge in [0.1, 0.15) is 11.6 Å². The standard InChI is InChI=1S/C20H16N4O3S2/c21-17-16(12-13-6-8-14(25)9-7-13)18(26)22-19-24(17)23-20(29-19)28-11-10-27-15-4-2-1-3-5-15/h1-9,12H,10-11,21H2. The van der Waals surface area contributed by atoms with E-state index in [2.05, 4.69) is 10.1 Å². The lowest BCUT2D eigenvalue weighted by Crippen LogP contribution is -2.16. The SMILES string of the molecule is Nc1c(C=C2C=CC(=O)C=C2)c(=O)nc2sc(SCCOc3ccccc3)nn12. The van der Waals surface area contributed by atoms with Gasteiger partial charge in [-0.15, -0.1) is 5.10 Å². The maximum Gasteiger partial charge on any atom is 0.283 e. The number of fused-ring (bicyclic) bond motifs is 1. The maximum atomic E-state index is 12.4. The Morgan fingerprint density at radius 1 is 1.14 bits per heavy atom. The Morgan fingerprint density at radius 2 is 1.90 bits per heavy atom. The van der Waals surface area contributed by atoms with Crippen LogP contribution in [0.4, 0.5) is 5.82 Å². The van der Waals surface area contributed by atoms with Crippen LogP contribution >= 0.6 is 23.1 Å². The Labute approximate surface area is 174 Å². The van der Waals surface area contributed by atoms with E-state index in [4.69, 9.17) is 10.5 Å². The highest BCUT2D eigenvalue weighted by atomic mass is 32.2. The summed E-state index contributed by atoms with van der Waals surface area (Å²) in [7, 11) is 0. The molecule has 0 saturated heterocycles. The van der Waals surface area contributed by atoms with Crippen LogP contribution in [0.2, 0.25) is 0 Å². The molecule has 29 heavy (non-hydrogen) atoms. The first-order chi connectivity index (χ1) is 14.1. The number of hydrogen-bond acceptors (Lipinski definition) is 8.